The molecule has 14 heavy (non-hydrogen) atoms. The quantitative estimate of drug-likeness (QED) is 0.226. The number of oxime groups is 1. The molecule has 4 nitrogen and oxygen atoms in total. The maximum absolute atomic E-state index is 8.30. The summed E-state index contributed by atoms with van der Waals surface area (Å²) in [6.45, 7) is 0.809. The first kappa shape index (κ1) is 11.3. The molecule has 0 amide bonds. The van der Waals surface area contributed by atoms with E-state index in [1.165, 1.54) is 25.7 Å². The molecule has 0 aliphatic heterocycles. The Morgan fingerprint density at radius 3 is 2.71 bits per heavy atom. The van der Waals surface area contributed by atoms with Crippen LogP contribution in [0.25, 0.3) is 0 Å². The zero-order chi connectivity index (χ0) is 10.2. The zero-order valence-corrected chi connectivity index (χ0v) is 8.61. The highest BCUT2D eigenvalue weighted by atomic mass is 16.5. The van der Waals surface area contributed by atoms with Crippen molar-refractivity contribution in [3.8, 4) is 0 Å². The first-order valence-electron chi connectivity index (χ1n) is 5.41. The van der Waals surface area contributed by atoms with E-state index in [1.54, 1.807) is 0 Å². The van der Waals surface area contributed by atoms with Crippen LogP contribution in [0.5, 0.6) is 0 Å². The Balaban J connectivity index is 1.89. The second-order valence-corrected chi connectivity index (χ2v) is 3.83. The van der Waals surface area contributed by atoms with Crippen molar-refractivity contribution in [2.75, 3.05) is 6.61 Å². The SMILES string of the molecule is NC(CCCCOC1CCCC1)=NO. The lowest BCUT2D eigenvalue weighted by Gasteiger charge is -2.10. The Morgan fingerprint density at radius 1 is 1.36 bits per heavy atom. The Hall–Kier alpha value is -0.770. The second kappa shape index (κ2) is 6.65. The van der Waals surface area contributed by atoms with Crippen LogP contribution in [0.1, 0.15) is 44.9 Å². The van der Waals surface area contributed by atoms with Crippen LogP contribution >= 0.6 is 0 Å². The van der Waals surface area contributed by atoms with Gasteiger partial charge >= 0.3 is 0 Å². The third-order valence-corrected chi connectivity index (χ3v) is 2.61. The van der Waals surface area contributed by atoms with Crippen LogP contribution in [0.4, 0.5) is 0 Å². The number of rotatable bonds is 6. The molecule has 0 saturated heterocycles. The molecule has 0 heterocycles. The lowest BCUT2D eigenvalue weighted by Crippen LogP contribution is -2.12. The van der Waals surface area contributed by atoms with Gasteiger partial charge in [-0.3, -0.25) is 0 Å². The lowest BCUT2D eigenvalue weighted by molar-refractivity contribution is 0.0561. The van der Waals surface area contributed by atoms with Gasteiger partial charge in [0.1, 0.15) is 5.84 Å². The van der Waals surface area contributed by atoms with E-state index in [-0.39, 0.29) is 0 Å². The highest BCUT2D eigenvalue weighted by Gasteiger charge is 2.14. The molecule has 3 N–H and O–H groups in total. The average Bonchev–Trinajstić information content (AvgIpc) is 2.69. The summed E-state index contributed by atoms with van der Waals surface area (Å²) in [6, 6.07) is 0. The van der Waals surface area contributed by atoms with Crippen LogP contribution in [0.15, 0.2) is 5.16 Å². The van der Waals surface area contributed by atoms with Crippen LogP contribution in [0.2, 0.25) is 0 Å². The van der Waals surface area contributed by atoms with E-state index in [2.05, 4.69) is 5.16 Å². The fourth-order valence-corrected chi connectivity index (χ4v) is 1.76. The Bertz CT molecular complexity index is 177. The van der Waals surface area contributed by atoms with E-state index in [9.17, 15) is 0 Å². The number of unbranched alkanes of at least 4 members (excludes halogenated alkanes) is 1. The van der Waals surface area contributed by atoms with Gasteiger partial charge in [-0.2, -0.15) is 0 Å². The first-order valence-corrected chi connectivity index (χ1v) is 5.41. The van der Waals surface area contributed by atoms with Crippen molar-refractivity contribution in [3.05, 3.63) is 0 Å². The molecule has 1 aliphatic rings. The van der Waals surface area contributed by atoms with Crippen molar-refractivity contribution in [1.82, 2.24) is 0 Å². The topological polar surface area (TPSA) is 67.8 Å². The molecule has 0 atom stereocenters. The number of ether oxygens (including phenoxy) is 1. The summed E-state index contributed by atoms with van der Waals surface area (Å²) in [7, 11) is 0. The van der Waals surface area contributed by atoms with Gasteiger partial charge in [0.15, 0.2) is 0 Å². The van der Waals surface area contributed by atoms with E-state index >= 15 is 0 Å². The van der Waals surface area contributed by atoms with Crippen molar-refractivity contribution in [3.63, 3.8) is 0 Å². The van der Waals surface area contributed by atoms with Crippen LogP contribution in [0.3, 0.4) is 0 Å². The Morgan fingerprint density at radius 2 is 2.07 bits per heavy atom. The molecule has 0 bridgehead atoms. The summed E-state index contributed by atoms with van der Waals surface area (Å²) in [5, 5.41) is 11.2. The minimum Gasteiger partial charge on any atom is -0.409 e. The van der Waals surface area contributed by atoms with Gasteiger partial charge in [0, 0.05) is 13.0 Å². The van der Waals surface area contributed by atoms with Crippen LogP contribution in [0, 0.1) is 0 Å². The maximum Gasteiger partial charge on any atom is 0.139 e. The lowest BCUT2D eigenvalue weighted by atomic mass is 10.2. The van der Waals surface area contributed by atoms with Gasteiger partial charge in [-0.25, -0.2) is 0 Å². The van der Waals surface area contributed by atoms with Gasteiger partial charge in [0.25, 0.3) is 0 Å². The van der Waals surface area contributed by atoms with Crippen molar-refractivity contribution in [1.29, 1.82) is 0 Å². The van der Waals surface area contributed by atoms with Crippen molar-refractivity contribution in [2.45, 2.75) is 51.0 Å². The molecule has 1 aliphatic carbocycles. The number of amidine groups is 1. The first-order chi connectivity index (χ1) is 6.83. The third-order valence-electron chi connectivity index (χ3n) is 2.61. The molecule has 0 unspecified atom stereocenters. The van der Waals surface area contributed by atoms with Crippen molar-refractivity contribution >= 4 is 5.84 Å². The standard InChI is InChI=1S/C10H20N2O2/c11-10(12-13)7-3-4-8-14-9-5-1-2-6-9/h9,13H,1-8H2,(H2,11,12). The monoisotopic (exact) mass is 200 g/mol. The molecule has 0 aromatic carbocycles. The summed E-state index contributed by atoms with van der Waals surface area (Å²) < 4.78 is 5.68. The third kappa shape index (κ3) is 4.46. The molecule has 82 valence electrons. The average molecular weight is 200 g/mol. The molecule has 1 saturated carbocycles. The molecule has 0 spiro atoms. The van der Waals surface area contributed by atoms with Crippen LogP contribution < -0.4 is 5.73 Å². The normalized spacial score (nSPS) is 19.0. The number of nitrogens with two attached hydrogens (primary N) is 1. The Kier molecular flexibility index (Phi) is 5.37. The summed E-state index contributed by atoms with van der Waals surface area (Å²) in [6.07, 6.45) is 8.16. The van der Waals surface area contributed by atoms with Gasteiger partial charge in [-0.1, -0.05) is 18.0 Å². The highest BCUT2D eigenvalue weighted by Crippen LogP contribution is 2.20. The van der Waals surface area contributed by atoms with E-state index in [0.29, 0.717) is 18.4 Å². The smallest absolute Gasteiger partial charge is 0.139 e. The minimum absolute atomic E-state index is 0.311. The van der Waals surface area contributed by atoms with Gasteiger partial charge < -0.3 is 15.7 Å². The fourth-order valence-electron chi connectivity index (χ4n) is 1.76. The fraction of sp³-hybridized carbons (Fsp3) is 0.900. The van der Waals surface area contributed by atoms with E-state index < -0.39 is 0 Å². The molecule has 0 aromatic rings. The number of hydrogen-bond donors (Lipinski definition) is 2. The largest absolute Gasteiger partial charge is 0.409 e. The number of hydrogen-bond acceptors (Lipinski definition) is 3. The molecule has 0 radical (unpaired) electrons. The van der Waals surface area contributed by atoms with Gasteiger partial charge in [-0.15, -0.1) is 0 Å². The molecular formula is C10H20N2O2. The molecular weight excluding hydrogens is 180 g/mol. The van der Waals surface area contributed by atoms with E-state index in [1.807, 2.05) is 0 Å². The minimum atomic E-state index is 0.311. The molecule has 1 rings (SSSR count). The van der Waals surface area contributed by atoms with Crippen LogP contribution in [-0.4, -0.2) is 23.8 Å². The Labute approximate surface area is 85.1 Å². The van der Waals surface area contributed by atoms with Gasteiger partial charge in [-0.05, 0) is 25.7 Å². The van der Waals surface area contributed by atoms with Crippen LogP contribution in [-0.2, 0) is 4.74 Å². The molecule has 4 heteroatoms. The molecule has 0 aromatic heterocycles. The second-order valence-electron chi connectivity index (χ2n) is 3.83. The van der Waals surface area contributed by atoms with Crippen molar-refractivity contribution in [2.24, 2.45) is 10.9 Å². The summed E-state index contributed by atoms with van der Waals surface area (Å²) in [4.78, 5) is 0. The predicted molar refractivity (Wildman–Crippen MR) is 55.5 cm³/mol. The maximum atomic E-state index is 8.30. The highest BCUT2D eigenvalue weighted by molar-refractivity contribution is 5.79. The van der Waals surface area contributed by atoms with Crippen molar-refractivity contribution < 1.29 is 9.94 Å². The predicted octanol–water partition coefficient (Wildman–Crippen LogP) is 1.86. The number of nitrogens with zero attached hydrogens (tertiary/aromatic N) is 1. The van der Waals surface area contributed by atoms with Gasteiger partial charge in [0.2, 0.25) is 0 Å². The molecule has 1 fully saturated rings. The van der Waals surface area contributed by atoms with E-state index in [4.69, 9.17) is 15.7 Å². The zero-order valence-electron chi connectivity index (χ0n) is 8.61. The summed E-state index contributed by atoms with van der Waals surface area (Å²) in [5.41, 5.74) is 5.34. The van der Waals surface area contributed by atoms with Gasteiger partial charge in [0.05, 0.1) is 6.10 Å². The van der Waals surface area contributed by atoms with E-state index in [0.717, 1.165) is 19.4 Å². The summed E-state index contributed by atoms with van der Waals surface area (Å²) in [5.74, 6) is 0.311. The summed E-state index contributed by atoms with van der Waals surface area (Å²) >= 11 is 0.